The average Bonchev–Trinajstić information content (AvgIpc) is 2.72. The van der Waals surface area contributed by atoms with Crippen molar-refractivity contribution in [3.8, 4) is 0 Å². The maximum Gasteiger partial charge on any atom is 0.416 e. The van der Waals surface area contributed by atoms with Crippen molar-refractivity contribution >= 4 is 33.8 Å². The SMILES string of the molecule is NC(=O)c1cccc2c3ccccc3n(C(=O)O)c12. The number of nitrogens with zero attached hydrogens (tertiary/aromatic N) is 1. The maximum absolute atomic E-state index is 11.5. The van der Waals surface area contributed by atoms with Gasteiger partial charge in [-0.3, -0.25) is 4.79 Å². The van der Waals surface area contributed by atoms with Crippen molar-refractivity contribution in [3.05, 3.63) is 48.0 Å². The molecule has 5 nitrogen and oxygen atoms in total. The monoisotopic (exact) mass is 254 g/mol. The van der Waals surface area contributed by atoms with E-state index in [1.807, 2.05) is 12.1 Å². The van der Waals surface area contributed by atoms with Crippen LogP contribution in [0.25, 0.3) is 21.8 Å². The average molecular weight is 254 g/mol. The summed E-state index contributed by atoms with van der Waals surface area (Å²) in [7, 11) is 0. The highest BCUT2D eigenvalue weighted by atomic mass is 16.4. The van der Waals surface area contributed by atoms with Gasteiger partial charge in [-0.05, 0) is 12.1 Å². The zero-order valence-electron chi connectivity index (χ0n) is 9.83. The molecule has 94 valence electrons. The Bertz CT molecular complexity index is 833. The van der Waals surface area contributed by atoms with Crippen molar-refractivity contribution in [2.45, 2.75) is 0 Å². The molecule has 5 heteroatoms. The molecule has 0 bridgehead atoms. The van der Waals surface area contributed by atoms with Crippen LogP contribution in [0.15, 0.2) is 42.5 Å². The highest BCUT2D eigenvalue weighted by Crippen LogP contribution is 2.30. The van der Waals surface area contributed by atoms with E-state index in [-0.39, 0.29) is 5.56 Å². The van der Waals surface area contributed by atoms with Gasteiger partial charge in [0.25, 0.3) is 5.91 Å². The number of primary amides is 1. The summed E-state index contributed by atoms with van der Waals surface area (Å²) in [6.07, 6.45) is -1.14. The van der Waals surface area contributed by atoms with Gasteiger partial charge in [0.15, 0.2) is 0 Å². The van der Waals surface area contributed by atoms with Crippen molar-refractivity contribution in [2.75, 3.05) is 0 Å². The highest BCUT2D eigenvalue weighted by molar-refractivity contribution is 6.18. The van der Waals surface area contributed by atoms with E-state index >= 15 is 0 Å². The molecule has 3 rings (SSSR count). The lowest BCUT2D eigenvalue weighted by Gasteiger charge is -2.03. The molecule has 0 saturated carbocycles. The van der Waals surface area contributed by atoms with Crippen LogP contribution in [0.5, 0.6) is 0 Å². The summed E-state index contributed by atoms with van der Waals surface area (Å²) in [5.74, 6) is -0.643. The fraction of sp³-hybridized carbons (Fsp3) is 0. The number of hydrogen-bond donors (Lipinski definition) is 2. The van der Waals surface area contributed by atoms with Crippen LogP contribution in [-0.4, -0.2) is 21.7 Å². The molecule has 1 aromatic heterocycles. The van der Waals surface area contributed by atoms with Crippen molar-refractivity contribution in [1.82, 2.24) is 4.57 Å². The smallest absolute Gasteiger partial charge is 0.416 e. The minimum Gasteiger partial charge on any atom is -0.464 e. The van der Waals surface area contributed by atoms with Crippen LogP contribution in [0.2, 0.25) is 0 Å². The molecule has 1 amide bonds. The Hall–Kier alpha value is -2.82. The standard InChI is InChI=1S/C14H10N2O3/c15-13(17)10-6-3-5-9-8-4-1-2-7-11(8)16(12(9)10)14(18)19/h1-7H,(H2,15,17)(H,18,19). The van der Waals surface area contributed by atoms with Crippen LogP contribution in [0.1, 0.15) is 10.4 Å². The second-order valence-corrected chi connectivity index (χ2v) is 4.20. The normalized spacial score (nSPS) is 10.9. The molecule has 1 heterocycles. The predicted octanol–water partition coefficient (Wildman–Crippen LogP) is 2.42. The fourth-order valence-corrected chi connectivity index (χ4v) is 2.42. The zero-order valence-corrected chi connectivity index (χ0v) is 9.83. The number of hydrogen-bond acceptors (Lipinski definition) is 2. The molecule has 0 fully saturated rings. The third-order valence-corrected chi connectivity index (χ3v) is 3.15. The van der Waals surface area contributed by atoms with Gasteiger partial charge >= 0.3 is 6.09 Å². The summed E-state index contributed by atoms with van der Waals surface area (Å²) in [6, 6.07) is 12.1. The third kappa shape index (κ3) is 1.48. The van der Waals surface area contributed by atoms with Crippen LogP contribution in [0.4, 0.5) is 4.79 Å². The van der Waals surface area contributed by atoms with Gasteiger partial charge in [0.2, 0.25) is 0 Å². The first-order chi connectivity index (χ1) is 9.11. The van der Waals surface area contributed by atoms with Crippen molar-refractivity contribution in [3.63, 3.8) is 0 Å². The topological polar surface area (TPSA) is 85.3 Å². The van der Waals surface area contributed by atoms with Crippen molar-refractivity contribution < 1.29 is 14.7 Å². The molecule has 0 spiro atoms. The van der Waals surface area contributed by atoms with Gasteiger partial charge in [0.05, 0.1) is 16.6 Å². The molecule has 0 aliphatic carbocycles. The van der Waals surface area contributed by atoms with Crippen molar-refractivity contribution in [1.29, 1.82) is 0 Å². The highest BCUT2D eigenvalue weighted by Gasteiger charge is 2.19. The van der Waals surface area contributed by atoms with Gasteiger partial charge in [-0.1, -0.05) is 30.3 Å². The first kappa shape index (κ1) is 11.3. The minimum atomic E-state index is -1.14. The number of fused-ring (bicyclic) bond motifs is 3. The van der Waals surface area contributed by atoms with Gasteiger partial charge in [-0.15, -0.1) is 0 Å². The Labute approximate surface area is 107 Å². The van der Waals surface area contributed by atoms with Crippen LogP contribution in [-0.2, 0) is 0 Å². The Kier molecular flexibility index (Phi) is 2.28. The van der Waals surface area contributed by atoms with Gasteiger partial charge in [0.1, 0.15) is 0 Å². The molecule has 2 aromatic carbocycles. The number of nitrogens with two attached hydrogens (primary N) is 1. The van der Waals surface area contributed by atoms with Crippen LogP contribution < -0.4 is 5.73 Å². The molecular weight excluding hydrogens is 244 g/mol. The van der Waals surface area contributed by atoms with Gasteiger partial charge in [0, 0.05) is 10.8 Å². The second kappa shape index (κ2) is 3.84. The zero-order chi connectivity index (χ0) is 13.6. The Morgan fingerprint density at radius 2 is 1.68 bits per heavy atom. The van der Waals surface area contributed by atoms with E-state index in [0.717, 1.165) is 9.95 Å². The van der Waals surface area contributed by atoms with Crippen LogP contribution >= 0.6 is 0 Å². The van der Waals surface area contributed by atoms with E-state index in [9.17, 15) is 14.7 Å². The third-order valence-electron chi connectivity index (χ3n) is 3.15. The molecule has 0 saturated heterocycles. The molecule has 0 radical (unpaired) electrons. The number of carboxylic acid groups (broad SMARTS) is 1. The summed E-state index contributed by atoms with van der Waals surface area (Å²) in [5, 5.41) is 10.9. The predicted molar refractivity (Wildman–Crippen MR) is 71.4 cm³/mol. The van der Waals surface area contributed by atoms with Gasteiger partial charge < -0.3 is 10.8 Å². The molecule has 0 atom stereocenters. The summed E-state index contributed by atoms with van der Waals surface area (Å²) < 4.78 is 1.10. The molecule has 0 unspecified atom stereocenters. The summed E-state index contributed by atoms with van der Waals surface area (Å²) >= 11 is 0. The van der Waals surface area contributed by atoms with E-state index in [4.69, 9.17) is 5.73 Å². The lowest BCUT2D eigenvalue weighted by atomic mass is 10.1. The van der Waals surface area contributed by atoms with E-state index < -0.39 is 12.0 Å². The van der Waals surface area contributed by atoms with Gasteiger partial charge in [-0.25, -0.2) is 9.36 Å². The first-order valence-electron chi connectivity index (χ1n) is 5.66. The van der Waals surface area contributed by atoms with Gasteiger partial charge in [-0.2, -0.15) is 0 Å². The molecule has 3 aromatic rings. The van der Waals surface area contributed by atoms with Crippen LogP contribution in [0, 0.1) is 0 Å². The largest absolute Gasteiger partial charge is 0.464 e. The minimum absolute atomic E-state index is 0.205. The Balaban J connectivity index is 2.65. The molecule has 19 heavy (non-hydrogen) atoms. The molecular formula is C14H10N2O3. The number of carbonyl (C=O) groups excluding carboxylic acids is 1. The summed E-state index contributed by atoms with van der Waals surface area (Å²) in [6.45, 7) is 0. The molecule has 3 N–H and O–H groups in total. The molecule has 0 aliphatic rings. The van der Waals surface area contributed by atoms with Crippen molar-refractivity contribution in [2.24, 2.45) is 5.73 Å². The number of aromatic nitrogens is 1. The first-order valence-corrected chi connectivity index (χ1v) is 5.66. The number of amides is 1. The number of rotatable bonds is 1. The van der Waals surface area contributed by atoms with E-state index in [2.05, 4.69) is 0 Å². The Morgan fingerprint density at radius 3 is 2.37 bits per heavy atom. The number of benzene rings is 2. The lowest BCUT2D eigenvalue weighted by Crippen LogP contribution is -2.15. The van der Waals surface area contributed by atoms with Crippen LogP contribution in [0.3, 0.4) is 0 Å². The summed E-state index contributed by atoms with van der Waals surface area (Å²) in [5.41, 5.74) is 6.41. The Morgan fingerprint density at radius 1 is 1.00 bits per heavy atom. The fourth-order valence-electron chi connectivity index (χ4n) is 2.42. The molecule has 0 aliphatic heterocycles. The lowest BCUT2D eigenvalue weighted by molar-refractivity contribution is 0.100. The van der Waals surface area contributed by atoms with E-state index in [0.29, 0.717) is 16.4 Å². The number of para-hydroxylation sites is 2. The van der Waals surface area contributed by atoms with E-state index in [1.165, 1.54) is 6.07 Å². The maximum atomic E-state index is 11.5. The second-order valence-electron chi connectivity index (χ2n) is 4.20. The van der Waals surface area contributed by atoms with E-state index in [1.54, 1.807) is 24.3 Å². The summed E-state index contributed by atoms with van der Waals surface area (Å²) in [4.78, 5) is 23.0. The number of carbonyl (C=O) groups is 2. The quantitative estimate of drug-likeness (QED) is 0.699.